The van der Waals surface area contributed by atoms with Gasteiger partial charge in [0.2, 0.25) is 0 Å². The molecule has 1 heterocycles. The van der Waals surface area contributed by atoms with Crippen molar-refractivity contribution in [3.05, 3.63) is 66.0 Å². The Morgan fingerprint density at radius 3 is 2.48 bits per heavy atom. The van der Waals surface area contributed by atoms with Crippen LogP contribution in [-0.2, 0) is 6.61 Å². The number of aryl methyl sites for hydroxylation is 1. The lowest BCUT2D eigenvalue weighted by atomic mass is 10.2. The summed E-state index contributed by atoms with van der Waals surface area (Å²) in [7, 11) is 0. The van der Waals surface area contributed by atoms with Crippen molar-refractivity contribution in [1.29, 1.82) is 0 Å². The number of hydrogen-bond acceptors (Lipinski definition) is 4. The number of aromatic nitrogens is 3. The third kappa shape index (κ3) is 3.56. The molecule has 0 spiro atoms. The maximum Gasteiger partial charge on any atom is 0.195 e. The normalized spacial score (nSPS) is 10.7. The van der Waals surface area contributed by atoms with Gasteiger partial charge in [0.05, 0.1) is 0 Å². The number of benzene rings is 2. The van der Waals surface area contributed by atoms with Crippen molar-refractivity contribution in [2.75, 3.05) is 5.75 Å². The summed E-state index contributed by atoms with van der Waals surface area (Å²) in [4.78, 5) is 0. The molecule has 5 heteroatoms. The van der Waals surface area contributed by atoms with E-state index in [4.69, 9.17) is 4.74 Å². The van der Waals surface area contributed by atoms with E-state index in [1.165, 1.54) is 0 Å². The van der Waals surface area contributed by atoms with Crippen molar-refractivity contribution in [1.82, 2.24) is 14.8 Å². The first-order valence-corrected chi connectivity index (χ1v) is 8.59. The number of para-hydroxylation sites is 2. The molecule has 0 fully saturated rings. The largest absolute Gasteiger partial charge is 0.485 e. The van der Waals surface area contributed by atoms with Crippen molar-refractivity contribution in [3.63, 3.8) is 0 Å². The van der Waals surface area contributed by atoms with Crippen LogP contribution in [-0.4, -0.2) is 20.5 Å². The zero-order chi connectivity index (χ0) is 16.1. The Morgan fingerprint density at radius 2 is 1.74 bits per heavy atom. The smallest absolute Gasteiger partial charge is 0.195 e. The third-order valence-corrected chi connectivity index (χ3v) is 4.25. The fourth-order valence-electron chi connectivity index (χ4n) is 2.31. The second-order valence-electron chi connectivity index (χ2n) is 5.06. The Bertz CT molecular complexity index is 771. The van der Waals surface area contributed by atoms with Crippen LogP contribution in [0.15, 0.2) is 59.8 Å². The molecule has 2 aromatic carbocycles. The molecule has 0 aliphatic carbocycles. The summed E-state index contributed by atoms with van der Waals surface area (Å²) in [5.74, 6) is 2.62. The van der Waals surface area contributed by atoms with Crippen LogP contribution >= 0.6 is 11.8 Å². The van der Waals surface area contributed by atoms with Gasteiger partial charge in [-0.1, -0.05) is 55.1 Å². The predicted octanol–water partition coefficient (Wildman–Crippen LogP) is 4.27. The quantitative estimate of drug-likeness (QED) is 0.635. The minimum atomic E-state index is 0.386. The summed E-state index contributed by atoms with van der Waals surface area (Å²) in [6.45, 7) is 4.53. The lowest BCUT2D eigenvalue weighted by molar-refractivity contribution is 0.291. The lowest BCUT2D eigenvalue weighted by Gasteiger charge is -2.11. The van der Waals surface area contributed by atoms with Crippen LogP contribution in [0.3, 0.4) is 0 Å². The van der Waals surface area contributed by atoms with Crippen LogP contribution in [0.25, 0.3) is 5.69 Å². The summed E-state index contributed by atoms with van der Waals surface area (Å²) in [5.41, 5.74) is 2.17. The first kappa shape index (κ1) is 15.6. The van der Waals surface area contributed by atoms with Gasteiger partial charge in [0.15, 0.2) is 11.0 Å². The van der Waals surface area contributed by atoms with Gasteiger partial charge in [-0.15, -0.1) is 10.2 Å². The molecule has 0 saturated heterocycles. The fraction of sp³-hybridized carbons (Fsp3) is 0.222. The van der Waals surface area contributed by atoms with E-state index in [-0.39, 0.29) is 0 Å². The minimum Gasteiger partial charge on any atom is -0.485 e. The number of hydrogen-bond donors (Lipinski definition) is 0. The van der Waals surface area contributed by atoms with Gasteiger partial charge in [-0.3, -0.25) is 4.57 Å². The van der Waals surface area contributed by atoms with Crippen LogP contribution in [0.5, 0.6) is 5.75 Å². The van der Waals surface area contributed by atoms with Crippen LogP contribution in [0.1, 0.15) is 18.3 Å². The highest BCUT2D eigenvalue weighted by atomic mass is 32.2. The molecule has 0 aliphatic heterocycles. The van der Waals surface area contributed by atoms with Gasteiger partial charge in [-0.2, -0.15) is 0 Å². The molecule has 4 nitrogen and oxygen atoms in total. The van der Waals surface area contributed by atoms with E-state index in [1.54, 1.807) is 11.8 Å². The molecule has 1 aromatic heterocycles. The molecular weight excluding hydrogens is 306 g/mol. The summed E-state index contributed by atoms with van der Waals surface area (Å²) in [6, 6.07) is 18.1. The zero-order valence-corrected chi connectivity index (χ0v) is 14.1. The molecule has 3 rings (SSSR count). The molecule has 3 aromatic rings. The Kier molecular flexibility index (Phi) is 4.98. The molecule has 0 bridgehead atoms. The van der Waals surface area contributed by atoms with Gasteiger partial charge < -0.3 is 4.74 Å². The van der Waals surface area contributed by atoms with Crippen LogP contribution in [0.4, 0.5) is 0 Å². The van der Waals surface area contributed by atoms with Crippen molar-refractivity contribution in [2.24, 2.45) is 0 Å². The van der Waals surface area contributed by atoms with E-state index in [1.807, 2.05) is 49.4 Å². The summed E-state index contributed by atoms with van der Waals surface area (Å²) < 4.78 is 8.01. The van der Waals surface area contributed by atoms with Gasteiger partial charge in [0.1, 0.15) is 12.4 Å². The van der Waals surface area contributed by atoms with Crippen molar-refractivity contribution < 1.29 is 4.74 Å². The number of ether oxygens (including phenoxy) is 1. The van der Waals surface area contributed by atoms with E-state index in [2.05, 4.69) is 33.8 Å². The van der Waals surface area contributed by atoms with Crippen LogP contribution in [0, 0.1) is 6.92 Å². The summed E-state index contributed by atoms with van der Waals surface area (Å²) in [5, 5.41) is 9.53. The van der Waals surface area contributed by atoms with Gasteiger partial charge in [0, 0.05) is 5.69 Å². The average Bonchev–Trinajstić information content (AvgIpc) is 2.98. The topological polar surface area (TPSA) is 39.9 Å². The average molecular weight is 325 g/mol. The molecule has 0 N–H and O–H groups in total. The molecule has 0 saturated carbocycles. The SMILES string of the molecule is CCSc1nnc(COc2ccccc2C)n1-c1ccccc1. The standard InChI is InChI=1S/C18H19N3OS/c1-3-23-18-20-19-17(21(18)15-10-5-4-6-11-15)13-22-16-12-8-7-9-14(16)2/h4-12H,3,13H2,1-2H3. The van der Waals surface area contributed by atoms with Gasteiger partial charge in [0.25, 0.3) is 0 Å². The van der Waals surface area contributed by atoms with Crippen molar-refractivity contribution in [2.45, 2.75) is 25.6 Å². The Balaban J connectivity index is 1.89. The van der Waals surface area contributed by atoms with E-state index in [0.717, 1.165) is 33.7 Å². The molecule has 0 amide bonds. The molecule has 118 valence electrons. The molecule has 0 atom stereocenters. The van der Waals surface area contributed by atoms with Gasteiger partial charge in [-0.25, -0.2) is 0 Å². The van der Waals surface area contributed by atoms with E-state index < -0.39 is 0 Å². The monoisotopic (exact) mass is 325 g/mol. The highest BCUT2D eigenvalue weighted by Gasteiger charge is 2.14. The van der Waals surface area contributed by atoms with E-state index in [0.29, 0.717) is 6.61 Å². The second kappa shape index (κ2) is 7.33. The molecule has 0 radical (unpaired) electrons. The van der Waals surface area contributed by atoms with Crippen LogP contribution < -0.4 is 4.74 Å². The van der Waals surface area contributed by atoms with Gasteiger partial charge in [-0.05, 0) is 36.4 Å². The molecule has 0 aliphatic rings. The molecular formula is C18H19N3OS. The van der Waals surface area contributed by atoms with Crippen molar-refractivity contribution >= 4 is 11.8 Å². The summed E-state index contributed by atoms with van der Waals surface area (Å²) >= 11 is 1.68. The maximum atomic E-state index is 5.94. The molecule has 23 heavy (non-hydrogen) atoms. The minimum absolute atomic E-state index is 0.386. The van der Waals surface area contributed by atoms with Crippen LogP contribution in [0.2, 0.25) is 0 Å². The first-order chi connectivity index (χ1) is 11.3. The maximum absolute atomic E-state index is 5.94. The van der Waals surface area contributed by atoms with E-state index >= 15 is 0 Å². The fourth-order valence-corrected chi connectivity index (χ4v) is 3.01. The van der Waals surface area contributed by atoms with E-state index in [9.17, 15) is 0 Å². The molecule has 0 unspecified atom stereocenters. The first-order valence-electron chi connectivity index (χ1n) is 7.60. The number of thioether (sulfide) groups is 1. The van der Waals surface area contributed by atoms with Crippen molar-refractivity contribution in [3.8, 4) is 11.4 Å². The number of nitrogens with zero attached hydrogens (tertiary/aromatic N) is 3. The highest BCUT2D eigenvalue weighted by Crippen LogP contribution is 2.23. The highest BCUT2D eigenvalue weighted by molar-refractivity contribution is 7.99. The van der Waals surface area contributed by atoms with Gasteiger partial charge >= 0.3 is 0 Å². The zero-order valence-electron chi connectivity index (χ0n) is 13.3. The summed E-state index contributed by atoms with van der Waals surface area (Å²) in [6.07, 6.45) is 0. The second-order valence-corrected chi connectivity index (χ2v) is 6.29. The Morgan fingerprint density at radius 1 is 1.00 bits per heavy atom. The Labute approximate surface area is 140 Å². The number of rotatable bonds is 6. The lowest BCUT2D eigenvalue weighted by Crippen LogP contribution is -2.07. The third-order valence-electron chi connectivity index (χ3n) is 3.44. The predicted molar refractivity (Wildman–Crippen MR) is 93.3 cm³/mol. The Hall–Kier alpha value is -2.27.